The topological polar surface area (TPSA) is 3.24 Å². The Balaban J connectivity index is 2.16. The number of nitrogens with zero attached hydrogens (tertiary/aromatic N) is 1. The first-order chi connectivity index (χ1) is 5.68. The number of hydrogen-bond acceptors (Lipinski definition) is 1. The second-order valence-electron chi connectivity index (χ2n) is 4.14. The van der Waals surface area contributed by atoms with E-state index in [-0.39, 0.29) is 0 Å². The largest absolute Gasteiger partial charge is 0.375 e. The fraction of sp³-hybridized carbons (Fsp3) is 0.636. The molecule has 0 amide bonds. The van der Waals surface area contributed by atoms with Crippen molar-refractivity contribution in [3.8, 4) is 0 Å². The monoisotopic (exact) mass is 163 g/mol. The van der Waals surface area contributed by atoms with Crippen LogP contribution >= 0.6 is 0 Å². The van der Waals surface area contributed by atoms with Crippen molar-refractivity contribution >= 4 is 0 Å². The SMILES string of the molecule is C=C1CCC2C(C=C(C)N2C)C1. The van der Waals surface area contributed by atoms with Gasteiger partial charge in [0, 0.05) is 24.7 Å². The molecule has 0 spiro atoms. The van der Waals surface area contributed by atoms with E-state index in [1.807, 2.05) is 0 Å². The molecule has 1 fully saturated rings. The zero-order valence-corrected chi connectivity index (χ0v) is 8.01. The zero-order chi connectivity index (χ0) is 8.72. The van der Waals surface area contributed by atoms with Crippen LogP contribution < -0.4 is 0 Å². The molecule has 1 nitrogen and oxygen atoms in total. The summed E-state index contributed by atoms with van der Waals surface area (Å²) in [6.45, 7) is 6.29. The van der Waals surface area contributed by atoms with Gasteiger partial charge in [0.1, 0.15) is 0 Å². The van der Waals surface area contributed by atoms with E-state index in [9.17, 15) is 0 Å². The lowest BCUT2D eigenvalue weighted by Crippen LogP contribution is -2.33. The normalized spacial score (nSPS) is 35.0. The van der Waals surface area contributed by atoms with Crippen LogP contribution in [0.2, 0.25) is 0 Å². The van der Waals surface area contributed by atoms with Gasteiger partial charge in [-0.05, 0) is 26.2 Å². The van der Waals surface area contributed by atoms with Crippen LogP contribution in [-0.2, 0) is 0 Å². The molecule has 2 unspecified atom stereocenters. The molecular weight excluding hydrogens is 146 g/mol. The molecule has 0 N–H and O–H groups in total. The second kappa shape index (κ2) is 2.65. The number of rotatable bonds is 0. The summed E-state index contributed by atoms with van der Waals surface area (Å²) < 4.78 is 0. The van der Waals surface area contributed by atoms with Gasteiger partial charge in [-0.2, -0.15) is 0 Å². The highest BCUT2D eigenvalue weighted by Crippen LogP contribution is 2.37. The number of allylic oxidation sites excluding steroid dienone is 2. The van der Waals surface area contributed by atoms with Gasteiger partial charge in [0.05, 0.1) is 0 Å². The zero-order valence-electron chi connectivity index (χ0n) is 8.01. The predicted octanol–water partition coefficient (Wildman–Crippen LogP) is 2.56. The summed E-state index contributed by atoms with van der Waals surface area (Å²) in [4.78, 5) is 2.43. The first-order valence-corrected chi connectivity index (χ1v) is 4.76. The first-order valence-electron chi connectivity index (χ1n) is 4.76. The van der Waals surface area contributed by atoms with Gasteiger partial charge in [0.15, 0.2) is 0 Å². The molecule has 2 aliphatic rings. The number of hydrogen-bond donors (Lipinski definition) is 0. The van der Waals surface area contributed by atoms with Gasteiger partial charge >= 0.3 is 0 Å². The maximum absolute atomic E-state index is 4.08. The molecule has 0 aromatic heterocycles. The van der Waals surface area contributed by atoms with Gasteiger partial charge in [0.25, 0.3) is 0 Å². The Morgan fingerprint density at radius 3 is 3.08 bits per heavy atom. The highest BCUT2D eigenvalue weighted by Gasteiger charge is 2.32. The highest BCUT2D eigenvalue weighted by molar-refractivity contribution is 5.18. The van der Waals surface area contributed by atoms with Crippen molar-refractivity contribution in [2.45, 2.75) is 32.2 Å². The lowest BCUT2D eigenvalue weighted by Gasteiger charge is -2.32. The molecule has 1 saturated carbocycles. The standard InChI is InChI=1S/C11H17N/c1-8-4-5-11-10(6-8)7-9(2)12(11)3/h7,10-11H,1,4-6H2,2-3H3. The summed E-state index contributed by atoms with van der Waals surface area (Å²) in [6.07, 6.45) is 6.15. The quantitative estimate of drug-likeness (QED) is 0.496. The van der Waals surface area contributed by atoms with E-state index in [0.29, 0.717) is 0 Å². The molecular formula is C11H17N. The maximum Gasteiger partial charge on any atom is 0.0353 e. The Morgan fingerprint density at radius 2 is 2.33 bits per heavy atom. The minimum atomic E-state index is 0.760. The van der Waals surface area contributed by atoms with Crippen LogP contribution in [0.4, 0.5) is 0 Å². The Morgan fingerprint density at radius 1 is 1.58 bits per heavy atom. The fourth-order valence-electron chi connectivity index (χ4n) is 2.48. The molecule has 1 heteroatoms. The van der Waals surface area contributed by atoms with E-state index in [1.54, 1.807) is 0 Å². The fourth-order valence-corrected chi connectivity index (χ4v) is 2.48. The minimum Gasteiger partial charge on any atom is -0.375 e. The second-order valence-corrected chi connectivity index (χ2v) is 4.14. The lowest BCUT2D eigenvalue weighted by atomic mass is 9.83. The van der Waals surface area contributed by atoms with E-state index in [0.717, 1.165) is 12.0 Å². The molecule has 0 radical (unpaired) electrons. The van der Waals surface area contributed by atoms with Crippen molar-refractivity contribution in [2.24, 2.45) is 5.92 Å². The van der Waals surface area contributed by atoms with Crippen LogP contribution in [0.5, 0.6) is 0 Å². The Labute approximate surface area is 74.8 Å². The van der Waals surface area contributed by atoms with E-state index >= 15 is 0 Å². The highest BCUT2D eigenvalue weighted by atomic mass is 15.2. The minimum absolute atomic E-state index is 0.760. The molecule has 2 atom stereocenters. The van der Waals surface area contributed by atoms with Crippen molar-refractivity contribution in [1.82, 2.24) is 4.90 Å². The summed E-state index contributed by atoms with van der Waals surface area (Å²) in [5, 5.41) is 0. The average molecular weight is 163 g/mol. The van der Waals surface area contributed by atoms with Crippen molar-refractivity contribution < 1.29 is 0 Å². The average Bonchev–Trinajstić information content (AvgIpc) is 2.28. The van der Waals surface area contributed by atoms with Crippen LogP contribution in [0.15, 0.2) is 23.9 Å². The summed E-state index contributed by atoms with van der Waals surface area (Å²) in [5.41, 5.74) is 2.88. The third-order valence-electron chi connectivity index (χ3n) is 3.32. The smallest absolute Gasteiger partial charge is 0.0353 e. The molecule has 2 rings (SSSR count). The van der Waals surface area contributed by atoms with Gasteiger partial charge < -0.3 is 4.90 Å². The van der Waals surface area contributed by atoms with Crippen molar-refractivity contribution in [3.05, 3.63) is 23.9 Å². The lowest BCUT2D eigenvalue weighted by molar-refractivity contribution is 0.247. The third-order valence-corrected chi connectivity index (χ3v) is 3.32. The molecule has 1 aliphatic heterocycles. The van der Waals surface area contributed by atoms with Gasteiger partial charge in [-0.25, -0.2) is 0 Å². The molecule has 0 saturated heterocycles. The molecule has 12 heavy (non-hydrogen) atoms. The van der Waals surface area contributed by atoms with E-state index < -0.39 is 0 Å². The molecule has 0 bridgehead atoms. The van der Waals surface area contributed by atoms with Crippen LogP contribution in [-0.4, -0.2) is 18.0 Å². The van der Waals surface area contributed by atoms with E-state index in [4.69, 9.17) is 0 Å². The Kier molecular flexibility index (Phi) is 1.75. The number of fused-ring (bicyclic) bond motifs is 1. The Hall–Kier alpha value is -0.720. The molecule has 0 aromatic carbocycles. The predicted molar refractivity (Wildman–Crippen MR) is 51.8 cm³/mol. The van der Waals surface area contributed by atoms with Gasteiger partial charge in [0.2, 0.25) is 0 Å². The van der Waals surface area contributed by atoms with Crippen LogP contribution in [0.25, 0.3) is 0 Å². The van der Waals surface area contributed by atoms with Crippen LogP contribution in [0.1, 0.15) is 26.2 Å². The van der Waals surface area contributed by atoms with Crippen molar-refractivity contribution in [2.75, 3.05) is 7.05 Å². The van der Waals surface area contributed by atoms with Crippen LogP contribution in [0, 0.1) is 5.92 Å². The maximum atomic E-state index is 4.08. The summed E-state index contributed by atoms with van der Waals surface area (Å²) >= 11 is 0. The Bertz CT molecular complexity index is 239. The van der Waals surface area contributed by atoms with Crippen molar-refractivity contribution in [3.63, 3.8) is 0 Å². The summed E-state index contributed by atoms with van der Waals surface area (Å²) in [6, 6.07) is 0.774. The molecule has 66 valence electrons. The van der Waals surface area contributed by atoms with E-state index in [1.165, 1.54) is 30.5 Å². The van der Waals surface area contributed by atoms with Gasteiger partial charge in [-0.15, -0.1) is 0 Å². The summed E-state index contributed by atoms with van der Waals surface area (Å²) in [5.74, 6) is 0.760. The molecule has 1 aliphatic carbocycles. The van der Waals surface area contributed by atoms with Gasteiger partial charge in [-0.1, -0.05) is 18.2 Å². The molecule has 1 heterocycles. The van der Waals surface area contributed by atoms with E-state index in [2.05, 4.69) is 31.5 Å². The van der Waals surface area contributed by atoms with Gasteiger partial charge in [-0.3, -0.25) is 0 Å². The third kappa shape index (κ3) is 1.08. The van der Waals surface area contributed by atoms with Crippen molar-refractivity contribution in [1.29, 1.82) is 0 Å². The van der Waals surface area contributed by atoms with Crippen LogP contribution in [0.3, 0.4) is 0 Å². The summed E-state index contributed by atoms with van der Waals surface area (Å²) in [7, 11) is 2.21. The molecule has 0 aromatic rings. The first kappa shape index (κ1) is 7.90.